The molecule has 1 unspecified atom stereocenters. The van der Waals surface area contributed by atoms with Gasteiger partial charge >= 0.3 is 0 Å². The molecule has 1 aromatic rings. The largest absolute Gasteiger partial charge is 0.388 e. The van der Waals surface area contributed by atoms with E-state index in [9.17, 15) is 4.21 Å². The zero-order chi connectivity index (χ0) is 12.8. The predicted molar refractivity (Wildman–Crippen MR) is 74.7 cm³/mol. The maximum atomic E-state index is 11.2. The number of hydrogen-bond donors (Lipinski definition) is 2. The third kappa shape index (κ3) is 4.74. The monoisotopic (exact) mass is 272 g/mol. The van der Waals surface area contributed by atoms with E-state index in [0.717, 1.165) is 5.69 Å². The first kappa shape index (κ1) is 14.0. The molecule has 0 saturated heterocycles. The number of hydrogen-bond acceptors (Lipinski definition) is 5. The molecular formula is C10H16N4OS2. The van der Waals surface area contributed by atoms with E-state index in [1.807, 2.05) is 13.8 Å². The predicted octanol–water partition coefficient (Wildman–Crippen LogP) is 0.600. The molecular weight excluding hydrogens is 256 g/mol. The van der Waals surface area contributed by atoms with E-state index in [1.165, 1.54) is 0 Å². The Bertz CT molecular complexity index is 436. The lowest BCUT2D eigenvalue weighted by Gasteiger charge is -2.07. The van der Waals surface area contributed by atoms with Crippen LogP contribution in [0, 0.1) is 6.92 Å². The van der Waals surface area contributed by atoms with Crippen LogP contribution in [0.25, 0.3) is 0 Å². The number of nitrogens with two attached hydrogens (primary N) is 1. The zero-order valence-electron chi connectivity index (χ0n) is 9.90. The minimum absolute atomic E-state index is 0.246. The van der Waals surface area contributed by atoms with Gasteiger partial charge in [0.05, 0.1) is 0 Å². The van der Waals surface area contributed by atoms with Crippen molar-refractivity contribution in [3.05, 3.63) is 17.5 Å². The van der Waals surface area contributed by atoms with Crippen LogP contribution in [0.15, 0.2) is 6.07 Å². The highest BCUT2D eigenvalue weighted by atomic mass is 32.2. The van der Waals surface area contributed by atoms with Crippen LogP contribution in [0.3, 0.4) is 0 Å². The van der Waals surface area contributed by atoms with E-state index in [0.29, 0.717) is 29.7 Å². The Morgan fingerprint density at radius 3 is 2.88 bits per heavy atom. The third-order valence-corrected chi connectivity index (χ3v) is 3.55. The third-order valence-electron chi connectivity index (χ3n) is 2.04. The molecule has 0 bridgehead atoms. The summed E-state index contributed by atoms with van der Waals surface area (Å²) in [4.78, 5) is 8.62. The molecule has 0 aromatic carbocycles. The molecule has 7 heteroatoms. The van der Waals surface area contributed by atoms with Gasteiger partial charge in [-0.2, -0.15) is 0 Å². The number of anilines is 1. The first-order chi connectivity index (χ1) is 8.02. The van der Waals surface area contributed by atoms with Gasteiger partial charge in [0.2, 0.25) is 5.95 Å². The van der Waals surface area contributed by atoms with Crippen molar-refractivity contribution in [1.82, 2.24) is 9.97 Å². The van der Waals surface area contributed by atoms with Gasteiger partial charge in [0.1, 0.15) is 10.7 Å². The van der Waals surface area contributed by atoms with Crippen LogP contribution in [-0.4, -0.2) is 37.2 Å². The number of aryl methyl sites for hydroxylation is 1. The van der Waals surface area contributed by atoms with Crippen molar-refractivity contribution in [1.29, 1.82) is 0 Å². The Hall–Kier alpha value is -1.08. The Kier molecular flexibility index (Phi) is 5.43. The molecule has 1 rings (SSSR count). The number of thiocarbonyl (C=S) groups is 1. The van der Waals surface area contributed by atoms with Crippen LogP contribution in [0.2, 0.25) is 0 Å². The Labute approximate surface area is 109 Å². The maximum absolute atomic E-state index is 11.2. The first-order valence-electron chi connectivity index (χ1n) is 5.27. The molecule has 0 radical (unpaired) electrons. The van der Waals surface area contributed by atoms with Gasteiger partial charge in [-0.1, -0.05) is 19.1 Å². The molecule has 94 valence electrons. The van der Waals surface area contributed by atoms with E-state index in [4.69, 9.17) is 18.0 Å². The van der Waals surface area contributed by atoms with Crippen molar-refractivity contribution in [3.63, 3.8) is 0 Å². The van der Waals surface area contributed by atoms with Gasteiger partial charge in [-0.25, -0.2) is 9.97 Å². The standard InChI is InChI=1S/C10H16N4OS2/c1-3-17(15)5-4-12-10-13-7(2)6-8(14-10)9(11)16/h6H,3-5H2,1-2H3,(H2,11,16)(H,12,13,14). The minimum atomic E-state index is -0.789. The van der Waals surface area contributed by atoms with Crippen LogP contribution in [-0.2, 0) is 10.8 Å². The van der Waals surface area contributed by atoms with Gasteiger partial charge in [0.25, 0.3) is 0 Å². The number of rotatable bonds is 6. The van der Waals surface area contributed by atoms with Gasteiger partial charge in [-0.15, -0.1) is 0 Å². The smallest absolute Gasteiger partial charge is 0.223 e. The van der Waals surface area contributed by atoms with Crippen molar-refractivity contribution >= 4 is 34.0 Å². The highest BCUT2D eigenvalue weighted by Gasteiger charge is 2.04. The number of nitrogens with one attached hydrogen (secondary N) is 1. The van der Waals surface area contributed by atoms with Crippen molar-refractivity contribution in [2.75, 3.05) is 23.4 Å². The van der Waals surface area contributed by atoms with Crippen molar-refractivity contribution < 1.29 is 4.21 Å². The van der Waals surface area contributed by atoms with Crippen LogP contribution in [0.1, 0.15) is 18.3 Å². The van der Waals surface area contributed by atoms with Crippen LogP contribution >= 0.6 is 12.2 Å². The molecule has 0 amide bonds. The number of nitrogens with zero attached hydrogens (tertiary/aromatic N) is 2. The summed E-state index contributed by atoms with van der Waals surface area (Å²) in [6.07, 6.45) is 0. The second-order valence-electron chi connectivity index (χ2n) is 3.44. The van der Waals surface area contributed by atoms with Crippen LogP contribution in [0.4, 0.5) is 5.95 Å². The zero-order valence-corrected chi connectivity index (χ0v) is 11.5. The van der Waals surface area contributed by atoms with E-state index in [2.05, 4.69) is 15.3 Å². The van der Waals surface area contributed by atoms with Crippen molar-refractivity contribution in [3.8, 4) is 0 Å². The summed E-state index contributed by atoms with van der Waals surface area (Å²) in [6.45, 7) is 4.31. The van der Waals surface area contributed by atoms with E-state index in [-0.39, 0.29) is 4.99 Å². The quantitative estimate of drug-likeness (QED) is 0.738. The fourth-order valence-corrected chi connectivity index (χ4v) is 1.92. The molecule has 0 aliphatic carbocycles. The SMILES string of the molecule is CCS(=O)CCNc1nc(C)cc(C(N)=S)n1. The fraction of sp³-hybridized carbons (Fsp3) is 0.500. The van der Waals surface area contributed by atoms with Crippen molar-refractivity contribution in [2.45, 2.75) is 13.8 Å². The topological polar surface area (TPSA) is 80.9 Å². The molecule has 0 saturated carbocycles. The molecule has 0 fully saturated rings. The lowest BCUT2D eigenvalue weighted by atomic mass is 10.3. The van der Waals surface area contributed by atoms with E-state index >= 15 is 0 Å². The average Bonchev–Trinajstić information content (AvgIpc) is 2.28. The normalized spacial score (nSPS) is 12.1. The van der Waals surface area contributed by atoms with Gasteiger partial charge in [0.15, 0.2) is 0 Å². The summed E-state index contributed by atoms with van der Waals surface area (Å²) in [5.74, 6) is 1.71. The summed E-state index contributed by atoms with van der Waals surface area (Å²) < 4.78 is 11.2. The van der Waals surface area contributed by atoms with E-state index < -0.39 is 10.8 Å². The van der Waals surface area contributed by atoms with Crippen molar-refractivity contribution in [2.24, 2.45) is 5.73 Å². The molecule has 1 aromatic heterocycles. The summed E-state index contributed by atoms with van der Waals surface area (Å²) >= 11 is 4.87. The molecule has 17 heavy (non-hydrogen) atoms. The molecule has 1 atom stereocenters. The van der Waals surface area contributed by atoms with Gasteiger partial charge in [-0.3, -0.25) is 4.21 Å². The summed E-state index contributed by atoms with van der Waals surface area (Å²) in [5, 5.41) is 3.02. The van der Waals surface area contributed by atoms with Gasteiger partial charge in [-0.05, 0) is 13.0 Å². The van der Waals surface area contributed by atoms with Crippen LogP contribution in [0.5, 0.6) is 0 Å². The molecule has 0 spiro atoms. The molecule has 0 aliphatic rings. The Balaban J connectivity index is 2.65. The molecule has 5 nitrogen and oxygen atoms in total. The summed E-state index contributed by atoms with van der Waals surface area (Å²) in [7, 11) is -0.789. The van der Waals surface area contributed by atoms with Gasteiger partial charge < -0.3 is 11.1 Å². The molecule has 1 heterocycles. The Morgan fingerprint density at radius 2 is 2.29 bits per heavy atom. The second-order valence-corrected chi connectivity index (χ2v) is 5.75. The number of aromatic nitrogens is 2. The minimum Gasteiger partial charge on any atom is -0.388 e. The summed E-state index contributed by atoms with van der Waals surface area (Å²) in [6, 6.07) is 1.73. The lowest BCUT2D eigenvalue weighted by molar-refractivity contribution is 0.684. The average molecular weight is 272 g/mol. The summed E-state index contributed by atoms with van der Waals surface area (Å²) in [5.41, 5.74) is 6.86. The molecule has 3 N–H and O–H groups in total. The Morgan fingerprint density at radius 1 is 1.59 bits per heavy atom. The first-order valence-corrected chi connectivity index (χ1v) is 7.17. The fourth-order valence-electron chi connectivity index (χ4n) is 1.19. The van der Waals surface area contributed by atoms with Crippen LogP contribution < -0.4 is 11.1 Å². The van der Waals surface area contributed by atoms with Gasteiger partial charge in [0, 0.05) is 34.5 Å². The maximum Gasteiger partial charge on any atom is 0.223 e. The second kappa shape index (κ2) is 6.61. The highest BCUT2D eigenvalue weighted by molar-refractivity contribution is 7.84. The van der Waals surface area contributed by atoms with E-state index in [1.54, 1.807) is 6.07 Å². The highest BCUT2D eigenvalue weighted by Crippen LogP contribution is 2.04. The lowest BCUT2D eigenvalue weighted by Crippen LogP contribution is -2.17. The molecule has 0 aliphatic heterocycles.